The Kier molecular flexibility index (Phi) is 5.49. The maximum absolute atomic E-state index is 14.2. The molecule has 7 heteroatoms. The normalized spacial score (nSPS) is 13.4. The minimum absolute atomic E-state index is 0.0127. The molecule has 2 aromatic rings. The molecule has 4 nitrogen and oxygen atoms in total. The third kappa shape index (κ3) is 4.55. The van der Waals surface area contributed by atoms with Gasteiger partial charge < -0.3 is 15.6 Å². The molecule has 0 aliphatic carbocycles. The van der Waals surface area contributed by atoms with Gasteiger partial charge in [0.2, 0.25) is 0 Å². The standard InChI is InChI=1S/C16H14ClFINO3/c1-16(20,15(21)22)8-9-6-12(18)14(7-13(9)19)23-11-4-2-10(17)3-5-11/h2-7H,8,20H2,1H3,(H,21,22). The van der Waals surface area contributed by atoms with Crippen LogP contribution in [0, 0.1) is 9.39 Å². The molecule has 0 aliphatic rings. The molecule has 0 heterocycles. The molecule has 0 radical (unpaired) electrons. The summed E-state index contributed by atoms with van der Waals surface area (Å²) in [6.07, 6.45) is 0.0127. The second kappa shape index (κ2) is 7.02. The third-order valence-electron chi connectivity index (χ3n) is 3.19. The van der Waals surface area contributed by atoms with Gasteiger partial charge >= 0.3 is 5.97 Å². The molecule has 1 atom stereocenters. The van der Waals surface area contributed by atoms with Gasteiger partial charge in [0.15, 0.2) is 11.6 Å². The summed E-state index contributed by atoms with van der Waals surface area (Å²) in [7, 11) is 0. The maximum atomic E-state index is 14.2. The fraction of sp³-hybridized carbons (Fsp3) is 0.188. The van der Waals surface area contributed by atoms with Crippen molar-refractivity contribution >= 4 is 40.2 Å². The molecular formula is C16H14ClFINO3. The fourth-order valence-electron chi connectivity index (χ4n) is 1.88. The molecule has 1 unspecified atom stereocenters. The van der Waals surface area contributed by atoms with Crippen LogP contribution in [0.1, 0.15) is 12.5 Å². The van der Waals surface area contributed by atoms with E-state index in [2.05, 4.69) is 0 Å². The van der Waals surface area contributed by atoms with E-state index in [1.54, 1.807) is 24.3 Å². The minimum atomic E-state index is -1.47. The number of aliphatic carboxylic acids is 1. The first-order valence-electron chi connectivity index (χ1n) is 6.62. The zero-order valence-corrected chi connectivity index (χ0v) is 15.1. The number of carboxylic acid groups (broad SMARTS) is 1. The maximum Gasteiger partial charge on any atom is 0.323 e. The van der Waals surface area contributed by atoms with E-state index in [4.69, 9.17) is 27.2 Å². The Morgan fingerprint density at radius 1 is 1.39 bits per heavy atom. The van der Waals surface area contributed by atoms with E-state index in [1.807, 2.05) is 22.6 Å². The van der Waals surface area contributed by atoms with Crippen LogP contribution in [0.15, 0.2) is 36.4 Å². The first-order valence-corrected chi connectivity index (χ1v) is 8.08. The largest absolute Gasteiger partial charge is 0.480 e. The van der Waals surface area contributed by atoms with Gasteiger partial charge in [-0.3, -0.25) is 4.79 Å². The summed E-state index contributed by atoms with van der Waals surface area (Å²) in [6, 6.07) is 9.30. The quantitative estimate of drug-likeness (QED) is 0.671. The summed E-state index contributed by atoms with van der Waals surface area (Å²) >= 11 is 7.79. The average molecular weight is 450 g/mol. The lowest BCUT2D eigenvalue weighted by Crippen LogP contribution is -2.47. The predicted molar refractivity (Wildman–Crippen MR) is 94.6 cm³/mol. The molecule has 23 heavy (non-hydrogen) atoms. The van der Waals surface area contributed by atoms with E-state index in [-0.39, 0.29) is 12.2 Å². The van der Waals surface area contributed by atoms with Crippen molar-refractivity contribution in [2.24, 2.45) is 5.73 Å². The monoisotopic (exact) mass is 449 g/mol. The number of hydrogen-bond donors (Lipinski definition) is 2. The number of nitrogens with two attached hydrogens (primary N) is 1. The number of carboxylic acids is 1. The molecule has 0 aliphatic heterocycles. The van der Waals surface area contributed by atoms with Gasteiger partial charge in [-0.2, -0.15) is 0 Å². The highest BCUT2D eigenvalue weighted by molar-refractivity contribution is 14.1. The van der Waals surface area contributed by atoms with Crippen molar-refractivity contribution in [2.45, 2.75) is 18.9 Å². The number of halogens is 3. The van der Waals surface area contributed by atoms with Crippen molar-refractivity contribution < 1.29 is 19.0 Å². The van der Waals surface area contributed by atoms with E-state index >= 15 is 0 Å². The van der Waals surface area contributed by atoms with Gasteiger partial charge in [-0.1, -0.05) is 11.6 Å². The van der Waals surface area contributed by atoms with Crippen molar-refractivity contribution in [3.8, 4) is 11.5 Å². The summed E-state index contributed by atoms with van der Waals surface area (Å²) in [5, 5.41) is 9.63. The Morgan fingerprint density at radius 2 is 2.00 bits per heavy atom. The number of carbonyl (C=O) groups is 1. The first kappa shape index (κ1) is 18.0. The number of ether oxygens (including phenoxy) is 1. The van der Waals surface area contributed by atoms with Gasteiger partial charge in [-0.15, -0.1) is 0 Å². The number of benzene rings is 2. The van der Waals surface area contributed by atoms with E-state index < -0.39 is 17.3 Å². The van der Waals surface area contributed by atoms with Crippen LogP contribution in [-0.4, -0.2) is 16.6 Å². The molecule has 0 amide bonds. The molecule has 122 valence electrons. The summed E-state index contributed by atoms with van der Waals surface area (Å²) in [4.78, 5) is 11.1. The summed E-state index contributed by atoms with van der Waals surface area (Å²) in [5.74, 6) is -1.23. The predicted octanol–water partition coefficient (Wildman–Crippen LogP) is 4.22. The first-order chi connectivity index (χ1) is 10.7. The average Bonchev–Trinajstić information content (AvgIpc) is 2.46. The second-order valence-corrected chi connectivity index (χ2v) is 6.93. The molecule has 3 N–H and O–H groups in total. The molecule has 0 fully saturated rings. The highest BCUT2D eigenvalue weighted by Gasteiger charge is 2.29. The Labute approximate surface area is 151 Å². The van der Waals surface area contributed by atoms with Gasteiger partial charge in [0, 0.05) is 15.0 Å². The number of rotatable bonds is 5. The smallest absolute Gasteiger partial charge is 0.323 e. The zero-order chi connectivity index (χ0) is 17.2. The minimum Gasteiger partial charge on any atom is -0.480 e. The van der Waals surface area contributed by atoms with E-state index in [0.29, 0.717) is 19.9 Å². The Bertz CT molecular complexity index is 735. The molecular weight excluding hydrogens is 436 g/mol. The fourth-order valence-corrected chi connectivity index (χ4v) is 2.64. The third-order valence-corrected chi connectivity index (χ3v) is 4.44. The topological polar surface area (TPSA) is 72.5 Å². The second-order valence-electron chi connectivity index (χ2n) is 5.33. The van der Waals surface area contributed by atoms with Gasteiger partial charge in [0.1, 0.15) is 11.3 Å². The van der Waals surface area contributed by atoms with Crippen molar-refractivity contribution in [2.75, 3.05) is 0 Å². The summed E-state index contributed by atoms with van der Waals surface area (Å²) < 4.78 is 20.4. The van der Waals surface area contributed by atoms with Crippen molar-refractivity contribution in [1.82, 2.24) is 0 Å². The van der Waals surface area contributed by atoms with Gasteiger partial charge in [-0.25, -0.2) is 4.39 Å². The van der Waals surface area contributed by atoms with Gasteiger partial charge in [-0.05, 0) is 71.5 Å². The molecule has 2 aromatic carbocycles. The van der Waals surface area contributed by atoms with Gasteiger partial charge in [0.25, 0.3) is 0 Å². The Hall–Kier alpha value is -1.38. The van der Waals surface area contributed by atoms with Crippen LogP contribution in [0.2, 0.25) is 5.02 Å². The van der Waals surface area contributed by atoms with Crippen LogP contribution >= 0.6 is 34.2 Å². The lowest BCUT2D eigenvalue weighted by Gasteiger charge is -2.20. The van der Waals surface area contributed by atoms with E-state index in [9.17, 15) is 9.18 Å². The van der Waals surface area contributed by atoms with Crippen molar-refractivity contribution in [1.29, 1.82) is 0 Å². The van der Waals surface area contributed by atoms with Crippen LogP contribution in [0.25, 0.3) is 0 Å². The highest BCUT2D eigenvalue weighted by Crippen LogP contribution is 2.30. The van der Waals surface area contributed by atoms with Crippen LogP contribution in [0.5, 0.6) is 11.5 Å². The lowest BCUT2D eigenvalue weighted by atomic mass is 9.94. The van der Waals surface area contributed by atoms with Crippen LogP contribution < -0.4 is 10.5 Å². The molecule has 0 bridgehead atoms. The number of hydrogen-bond acceptors (Lipinski definition) is 3. The van der Waals surface area contributed by atoms with Crippen LogP contribution in [0.4, 0.5) is 4.39 Å². The van der Waals surface area contributed by atoms with E-state index in [1.165, 1.54) is 19.1 Å². The van der Waals surface area contributed by atoms with Crippen molar-refractivity contribution in [3.63, 3.8) is 0 Å². The SMILES string of the molecule is CC(N)(Cc1cc(F)c(Oc2ccc(Cl)cc2)cc1I)C(=O)O. The lowest BCUT2D eigenvalue weighted by molar-refractivity contribution is -0.142. The van der Waals surface area contributed by atoms with Crippen molar-refractivity contribution in [3.05, 3.63) is 56.4 Å². The molecule has 0 saturated carbocycles. The molecule has 0 aromatic heterocycles. The molecule has 2 rings (SSSR count). The molecule has 0 spiro atoms. The Morgan fingerprint density at radius 3 is 2.57 bits per heavy atom. The van der Waals surface area contributed by atoms with Crippen LogP contribution in [0.3, 0.4) is 0 Å². The van der Waals surface area contributed by atoms with Crippen LogP contribution in [-0.2, 0) is 11.2 Å². The van der Waals surface area contributed by atoms with E-state index in [0.717, 1.165) is 0 Å². The highest BCUT2D eigenvalue weighted by atomic mass is 127. The summed E-state index contributed by atoms with van der Waals surface area (Å²) in [5.41, 5.74) is 4.76. The summed E-state index contributed by atoms with van der Waals surface area (Å²) in [6.45, 7) is 1.39. The Balaban J connectivity index is 2.26. The van der Waals surface area contributed by atoms with Gasteiger partial charge in [0.05, 0.1) is 0 Å². The molecule has 0 saturated heterocycles. The zero-order valence-electron chi connectivity index (χ0n) is 12.1.